The van der Waals surface area contributed by atoms with Crippen molar-refractivity contribution in [3.63, 3.8) is 0 Å². The molecule has 0 amide bonds. The van der Waals surface area contributed by atoms with E-state index in [2.05, 4.69) is 25.2 Å². The highest BCUT2D eigenvalue weighted by molar-refractivity contribution is 5.48. The Hall–Kier alpha value is -2.16. The number of ether oxygens (including phenoxy) is 1. The molecule has 3 N–H and O–H groups in total. The van der Waals surface area contributed by atoms with Gasteiger partial charge in [0.2, 0.25) is 0 Å². The van der Waals surface area contributed by atoms with Crippen molar-refractivity contribution >= 4 is 11.4 Å². The third-order valence-corrected chi connectivity index (χ3v) is 2.89. The number of nitrogens with two attached hydrogens (primary N) is 1. The Morgan fingerprint density at radius 3 is 2.50 bits per heavy atom. The number of benzene rings is 2. The number of rotatable bonds is 6. The third kappa shape index (κ3) is 4.50. The maximum atomic E-state index is 5.76. The molecule has 0 aliphatic rings. The highest BCUT2D eigenvalue weighted by Crippen LogP contribution is 2.17. The van der Waals surface area contributed by atoms with Gasteiger partial charge in [0.1, 0.15) is 5.75 Å². The van der Waals surface area contributed by atoms with Gasteiger partial charge in [-0.2, -0.15) is 0 Å². The summed E-state index contributed by atoms with van der Waals surface area (Å²) in [6.07, 6.45) is 0. The fraction of sp³-hybridized carbons (Fsp3) is 0.294. The summed E-state index contributed by atoms with van der Waals surface area (Å²) in [5.41, 5.74) is 8.80. The van der Waals surface area contributed by atoms with Crippen molar-refractivity contribution < 1.29 is 4.74 Å². The van der Waals surface area contributed by atoms with Crippen LogP contribution < -0.4 is 15.8 Å². The molecule has 0 aromatic heterocycles. The Bertz CT molecular complexity index is 535. The fourth-order valence-electron chi connectivity index (χ4n) is 1.84. The lowest BCUT2D eigenvalue weighted by Crippen LogP contribution is -2.04. The van der Waals surface area contributed by atoms with Gasteiger partial charge in [0.15, 0.2) is 0 Å². The molecule has 2 aromatic carbocycles. The zero-order chi connectivity index (χ0) is 14.4. The van der Waals surface area contributed by atoms with Gasteiger partial charge < -0.3 is 15.8 Å². The van der Waals surface area contributed by atoms with Gasteiger partial charge in [-0.3, -0.25) is 0 Å². The molecule has 106 valence electrons. The van der Waals surface area contributed by atoms with Crippen molar-refractivity contribution in [3.8, 4) is 5.75 Å². The monoisotopic (exact) mass is 270 g/mol. The molecular formula is C17H22N2O. The molecule has 0 saturated carbocycles. The van der Waals surface area contributed by atoms with E-state index >= 15 is 0 Å². The molecule has 0 radical (unpaired) electrons. The summed E-state index contributed by atoms with van der Waals surface area (Å²) in [6, 6.07) is 15.9. The Morgan fingerprint density at radius 2 is 1.85 bits per heavy atom. The number of hydrogen-bond donors (Lipinski definition) is 2. The molecule has 0 spiro atoms. The van der Waals surface area contributed by atoms with Crippen LogP contribution in [-0.2, 0) is 6.54 Å². The molecule has 0 fully saturated rings. The van der Waals surface area contributed by atoms with Crippen LogP contribution in [0, 0.1) is 5.92 Å². The lowest BCUT2D eigenvalue weighted by molar-refractivity contribution is 0.271. The molecule has 0 saturated heterocycles. The molecule has 0 bridgehead atoms. The number of hydrogen-bond acceptors (Lipinski definition) is 3. The summed E-state index contributed by atoms with van der Waals surface area (Å²) >= 11 is 0. The van der Waals surface area contributed by atoms with E-state index in [1.165, 1.54) is 5.56 Å². The van der Waals surface area contributed by atoms with Crippen LogP contribution in [0.5, 0.6) is 5.75 Å². The van der Waals surface area contributed by atoms with Gasteiger partial charge in [-0.25, -0.2) is 0 Å². The molecule has 0 heterocycles. The van der Waals surface area contributed by atoms with E-state index in [4.69, 9.17) is 10.5 Å². The summed E-state index contributed by atoms with van der Waals surface area (Å²) in [7, 11) is 0. The van der Waals surface area contributed by atoms with Crippen LogP contribution >= 0.6 is 0 Å². The van der Waals surface area contributed by atoms with E-state index in [-0.39, 0.29) is 0 Å². The minimum absolute atomic E-state index is 0.538. The van der Waals surface area contributed by atoms with Crippen LogP contribution in [0.1, 0.15) is 19.4 Å². The van der Waals surface area contributed by atoms with Crippen LogP contribution in [0.15, 0.2) is 48.5 Å². The van der Waals surface area contributed by atoms with E-state index < -0.39 is 0 Å². The van der Waals surface area contributed by atoms with Crippen molar-refractivity contribution in [2.24, 2.45) is 5.92 Å². The van der Waals surface area contributed by atoms with E-state index in [1.807, 2.05) is 42.5 Å². The minimum Gasteiger partial charge on any atom is -0.493 e. The first kappa shape index (κ1) is 14.3. The van der Waals surface area contributed by atoms with Gasteiger partial charge in [0.25, 0.3) is 0 Å². The summed E-state index contributed by atoms with van der Waals surface area (Å²) < 4.78 is 5.66. The highest BCUT2D eigenvalue weighted by Gasteiger charge is 1.98. The van der Waals surface area contributed by atoms with E-state index in [0.717, 1.165) is 30.3 Å². The average Bonchev–Trinajstić information content (AvgIpc) is 2.44. The predicted molar refractivity (Wildman–Crippen MR) is 85.0 cm³/mol. The molecule has 3 heteroatoms. The SMILES string of the molecule is CC(C)COc1ccc(NCc2cccc(N)c2)cc1. The summed E-state index contributed by atoms with van der Waals surface area (Å²) in [5.74, 6) is 1.45. The highest BCUT2D eigenvalue weighted by atomic mass is 16.5. The topological polar surface area (TPSA) is 47.3 Å². The maximum Gasteiger partial charge on any atom is 0.119 e. The summed E-state index contributed by atoms with van der Waals surface area (Å²) in [6.45, 7) is 5.79. The summed E-state index contributed by atoms with van der Waals surface area (Å²) in [4.78, 5) is 0. The third-order valence-electron chi connectivity index (χ3n) is 2.89. The molecule has 0 unspecified atom stereocenters. The average molecular weight is 270 g/mol. The van der Waals surface area contributed by atoms with E-state index in [9.17, 15) is 0 Å². The standard InChI is InChI=1S/C17H22N2O/c1-13(2)12-20-17-8-6-16(7-9-17)19-11-14-4-3-5-15(18)10-14/h3-10,13,19H,11-12,18H2,1-2H3. The van der Waals surface area contributed by atoms with Crippen molar-refractivity contribution in [3.05, 3.63) is 54.1 Å². The lowest BCUT2D eigenvalue weighted by atomic mass is 10.2. The van der Waals surface area contributed by atoms with E-state index in [0.29, 0.717) is 5.92 Å². The quantitative estimate of drug-likeness (QED) is 0.782. The van der Waals surface area contributed by atoms with E-state index in [1.54, 1.807) is 0 Å². The molecule has 0 atom stereocenters. The zero-order valence-electron chi connectivity index (χ0n) is 12.1. The fourth-order valence-corrected chi connectivity index (χ4v) is 1.84. The molecule has 2 rings (SSSR count). The minimum atomic E-state index is 0.538. The Labute approximate surface area is 120 Å². The van der Waals surface area contributed by atoms with Crippen molar-refractivity contribution in [2.45, 2.75) is 20.4 Å². The normalized spacial score (nSPS) is 10.6. The van der Waals surface area contributed by atoms with Crippen molar-refractivity contribution in [2.75, 3.05) is 17.7 Å². The van der Waals surface area contributed by atoms with Gasteiger partial charge in [-0.15, -0.1) is 0 Å². The predicted octanol–water partition coefficient (Wildman–Crippen LogP) is 3.92. The second kappa shape index (κ2) is 6.85. The van der Waals surface area contributed by atoms with Gasteiger partial charge in [0, 0.05) is 17.9 Å². The van der Waals surface area contributed by atoms with Gasteiger partial charge in [-0.1, -0.05) is 26.0 Å². The molecule has 3 nitrogen and oxygen atoms in total. The van der Waals surface area contributed by atoms with Gasteiger partial charge in [0.05, 0.1) is 6.61 Å². The first-order valence-corrected chi connectivity index (χ1v) is 6.94. The van der Waals surface area contributed by atoms with Crippen LogP contribution in [0.2, 0.25) is 0 Å². The lowest BCUT2D eigenvalue weighted by Gasteiger charge is -2.10. The first-order valence-electron chi connectivity index (χ1n) is 6.94. The van der Waals surface area contributed by atoms with Gasteiger partial charge in [-0.05, 0) is 47.9 Å². The van der Waals surface area contributed by atoms with Gasteiger partial charge >= 0.3 is 0 Å². The van der Waals surface area contributed by atoms with Crippen molar-refractivity contribution in [1.29, 1.82) is 0 Å². The van der Waals surface area contributed by atoms with Crippen LogP contribution in [0.25, 0.3) is 0 Å². The van der Waals surface area contributed by atoms with Crippen LogP contribution in [0.4, 0.5) is 11.4 Å². The molecule has 0 aliphatic heterocycles. The Morgan fingerprint density at radius 1 is 1.10 bits per heavy atom. The second-order valence-electron chi connectivity index (χ2n) is 5.33. The zero-order valence-corrected chi connectivity index (χ0v) is 12.1. The molecule has 2 aromatic rings. The van der Waals surface area contributed by atoms with Crippen LogP contribution in [-0.4, -0.2) is 6.61 Å². The van der Waals surface area contributed by atoms with Crippen molar-refractivity contribution in [1.82, 2.24) is 0 Å². The first-order chi connectivity index (χ1) is 9.63. The smallest absolute Gasteiger partial charge is 0.119 e. The number of nitrogens with one attached hydrogen (secondary N) is 1. The summed E-state index contributed by atoms with van der Waals surface area (Å²) in [5, 5.41) is 3.37. The maximum absolute atomic E-state index is 5.76. The van der Waals surface area contributed by atoms with Crippen LogP contribution in [0.3, 0.4) is 0 Å². The number of nitrogen functional groups attached to an aromatic ring is 1. The largest absolute Gasteiger partial charge is 0.493 e. The molecule has 0 aliphatic carbocycles. The Balaban J connectivity index is 1.87. The molecule has 20 heavy (non-hydrogen) atoms. The Kier molecular flexibility index (Phi) is 4.88. The second-order valence-corrected chi connectivity index (χ2v) is 5.33. The molecular weight excluding hydrogens is 248 g/mol. The number of anilines is 2.